The number of fused-ring (bicyclic) bond motifs is 1. The number of nitrogens with zero attached hydrogens (tertiary/aromatic N) is 1. The Morgan fingerprint density at radius 3 is 2.67 bits per heavy atom. The van der Waals surface area contributed by atoms with Gasteiger partial charge in [0.25, 0.3) is 0 Å². The van der Waals surface area contributed by atoms with Crippen LogP contribution in [0.4, 0.5) is 0 Å². The summed E-state index contributed by atoms with van der Waals surface area (Å²) in [7, 11) is 0. The van der Waals surface area contributed by atoms with Crippen molar-refractivity contribution in [1.29, 1.82) is 0 Å². The molecule has 3 unspecified atom stereocenters. The second-order valence-corrected chi connectivity index (χ2v) is 6.80. The van der Waals surface area contributed by atoms with E-state index < -0.39 is 0 Å². The van der Waals surface area contributed by atoms with E-state index in [2.05, 4.69) is 4.90 Å². The zero-order chi connectivity index (χ0) is 13.3. The number of ether oxygens (including phenoxy) is 1. The molecule has 0 spiro atoms. The summed E-state index contributed by atoms with van der Waals surface area (Å²) < 4.78 is 5.37. The van der Waals surface area contributed by atoms with Crippen molar-refractivity contribution in [3.63, 3.8) is 0 Å². The number of hydrogen-bond donors (Lipinski definition) is 1. The van der Waals surface area contributed by atoms with E-state index in [1.54, 1.807) is 0 Å². The highest BCUT2D eigenvalue weighted by Crippen LogP contribution is 2.35. The third-order valence-electron chi connectivity index (χ3n) is 4.00. The van der Waals surface area contributed by atoms with Gasteiger partial charge in [-0.05, 0) is 45.4 Å². The van der Waals surface area contributed by atoms with Gasteiger partial charge in [0.1, 0.15) is 5.60 Å². The fourth-order valence-electron chi connectivity index (χ4n) is 3.29. The summed E-state index contributed by atoms with van der Waals surface area (Å²) >= 11 is 0. The topological polar surface area (TPSA) is 55.6 Å². The van der Waals surface area contributed by atoms with E-state index in [1.165, 1.54) is 12.8 Å². The van der Waals surface area contributed by atoms with E-state index in [1.807, 2.05) is 20.8 Å². The zero-order valence-corrected chi connectivity index (χ0v) is 11.8. The first kappa shape index (κ1) is 13.8. The maximum atomic E-state index is 11.8. The molecule has 4 heteroatoms. The Hall–Kier alpha value is -0.610. The van der Waals surface area contributed by atoms with E-state index in [0.29, 0.717) is 24.4 Å². The van der Waals surface area contributed by atoms with Crippen molar-refractivity contribution in [2.45, 2.75) is 51.7 Å². The van der Waals surface area contributed by atoms with Gasteiger partial charge in [-0.15, -0.1) is 0 Å². The largest absolute Gasteiger partial charge is 0.459 e. The van der Waals surface area contributed by atoms with Crippen LogP contribution in [0.3, 0.4) is 0 Å². The standard InChI is InChI=1S/C14H26N2O2/c1-14(2,3)18-13(17)9-16-7-10-5-4-6-12(15)11(10)8-16/h10-12H,4-9,15H2,1-3H3. The van der Waals surface area contributed by atoms with Crippen LogP contribution < -0.4 is 5.73 Å². The van der Waals surface area contributed by atoms with Crippen LogP contribution in [0.15, 0.2) is 0 Å². The van der Waals surface area contributed by atoms with Crippen molar-refractivity contribution in [1.82, 2.24) is 4.90 Å². The molecule has 3 atom stereocenters. The maximum Gasteiger partial charge on any atom is 0.320 e. The Labute approximate surface area is 110 Å². The van der Waals surface area contributed by atoms with Gasteiger partial charge in [-0.1, -0.05) is 6.42 Å². The quantitative estimate of drug-likeness (QED) is 0.757. The molecule has 1 saturated carbocycles. The predicted molar refractivity (Wildman–Crippen MR) is 71.1 cm³/mol. The van der Waals surface area contributed by atoms with E-state index in [0.717, 1.165) is 19.5 Å². The lowest BCUT2D eigenvalue weighted by atomic mass is 9.78. The molecule has 0 aromatic carbocycles. The fraction of sp³-hybridized carbons (Fsp3) is 0.929. The Morgan fingerprint density at radius 2 is 2.06 bits per heavy atom. The lowest BCUT2D eigenvalue weighted by Gasteiger charge is -2.29. The number of carbonyl (C=O) groups is 1. The summed E-state index contributed by atoms with van der Waals surface area (Å²) in [6, 6.07) is 0.326. The van der Waals surface area contributed by atoms with Crippen LogP contribution in [0.5, 0.6) is 0 Å². The molecule has 18 heavy (non-hydrogen) atoms. The van der Waals surface area contributed by atoms with Gasteiger partial charge in [-0.25, -0.2) is 0 Å². The molecule has 1 aliphatic heterocycles. The Balaban J connectivity index is 1.84. The highest BCUT2D eigenvalue weighted by molar-refractivity contribution is 5.72. The summed E-state index contributed by atoms with van der Waals surface area (Å²) in [5.41, 5.74) is 5.78. The van der Waals surface area contributed by atoms with E-state index in [-0.39, 0.29) is 11.6 Å². The molecule has 1 aliphatic carbocycles. The van der Waals surface area contributed by atoms with Crippen molar-refractivity contribution in [2.24, 2.45) is 17.6 Å². The van der Waals surface area contributed by atoms with Gasteiger partial charge in [-0.3, -0.25) is 9.69 Å². The van der Waals surface area contributed by atoms with Crippen molar-refractivity contribution >= 4 is 5.97 Å². The molecule has 104 valence electrons. The van der Waals surface area contributed by atoms with Gasteiger partial charge in [0.2, 0.25) is 0 Å². The molecule has 0 radical (unpaired) electrons. The van der Waals surface area contributed by atoms with Crippen LogP contribution in [0.1, 0.15) is 40.0 Å². The smallest absolute Gasteiger partial charge is 0.320 e. The average Bonchev–Trinajstić information content (AvgIpc) is 2.58. The minimum absolute atomic E-state index is 0.116. The van der Waals surface area contributed by atoms with E-state index in [4.69, 9.17) is 10.5 Å². The van der Waals surface area contributed by atoms with Crippen LogP contribution in [0.25, 0.3) is 0 Å². The van der Waals surface area contributed by atoms with Crippen LogP contribution in [-0.4, -0.2) is 42.1 Å². The summed E-state index contributed by atoms with van der Waals surface area (Å²) in [6.45, 7) is 8.11. The number of rotatable bonds is 2. The summed E-state index contributed by atoms with van der Waals surface area (Å²) in [4.78, 5) is 14.0. The first-order valence-corrected chi connectivity index (χ1v) is 7.05. The molecule has 0 aromatic heterocycles. The molecular weight excluding hydrogens is 228 g/mol. The Kier molecular flexibility index (Phi) is 3.97. The third-order valence-corrected chi connectivity index (χ3v) is 4.00. The highest BCUT2D eigenvalue weighted by Gasteiger charge is 2.39. The van der Waals surface area contributed by atoms with Gasteiger partial charge < -0.3 is 10.5 Å². The minimum atomic E-state index is -0.389. The monoisotopic (exact) mass is 254 g/mol. The maximum absolute atomic E-state index is 11.8. The van der Waals surface area contributed by atoms with Crippen LogP contribution >= 0.6 is 0 Å². The molecular formula is C14H26N2O2. The van der Waals surface area contributed by atoms with E-state index >= 15 is 0 Å². The van der Waals surface area contributed by atoms with Crippen LogP contribution in [0, 0.1) is 11.8 Å². The molecule has 1 saturated heterocycles. The molecule has 2 N–H and O–H groups in total. The van der Waals surface area contributed by atoms with Crippen LogP contribution in [0.2, 0.25) is 0 Å². The summed E-state index contributed by atoms with van der Waals surface area (Å²) in [6.07, 6.45) is 3.65. The minimum Gasteiger partial charge on any atom is -0.459 e. The summed E-state index contributed by atoms with van der Waals surface area (Å²) in [5.74, 6) is 1.16. The lowest BCUT2D eigenvalue weighted by molar-refractivity contribution is -0.155. The average molecular weight is 254 g/mol. The molecule has 0 amide bonds. The van der Waals surface area contributed by atoms with E-state index in [9.17, 15) is 4.79 Å². The van der Waals surface area contributed by atoms with Crippen molar-refractivity contribution < 1.29 is 9.53 Å². The number of nitrogens with two attached hydrogens (primary N) is 1. The molecule has 0 bridgehead atoms. The Bertz CT molecular complexity index is 311. The van der Waals surface area contributed by atoms with Gasteiger partial charge >= 0.3 is 5.97 Å². The molecule has 0 aromatic rings. The molecule has 2 rings (SSSR count). The van der Waals surface area contributed by atoms with Gasteiger partial charge in [0.05, 0.1) is 6.54 Å². The molecule has 2 aliphatic rings. The van der Waals surface area contributed by atoms with Gasteiger partial charge in [-0.2, -0.15) is 0 Å². The second-order valence-electron chi connectivity index (χ2n) is 6.80. The first-order valence-electron chi connectivity index (χ1n) is 7.05. The number of carbonyl (C=O) groups excluding carboxylic acids is 1. The molecule has 1 heterocycles. The molecule has 2 fully saturated rings. The van der Waals surface area contributed by atoms with Crippen molar-refractivity contribution in [2.75, 3.05) is 19.6 Å². The number of hydrogen-bond acceptors (Lipinski definition) is 4. The van der Waals surface area contributed by atoms with Gasteiger partial charge in [0, 0.05) is 19.1 Å². The number of esters is 1. The molecule has 4 nitrogen and oxygen atoms in total. The normalized spacial score (nSPS) is 33.2. The lowest BCUT2D eigenvalue weighted by Crippen LogP contribution is -2.38. The Morgan fingerprint density at radius 1 is 1.33 bits per heavy atom. The third kappa shape index (κ3) is 3.45. The van der Waals surface area contributed by atoms with Crippen molar-refractivity contribution in [3.05, 3.63) is 0 Å². The summed E-state index contributed by atoms with van der Waals surface area (Å²) in [5, 5.41) is 0. The van der Waals surface area contributed by atoms with Gasteiger partial charge in [0.15, 0.2) is 0 Å². The highest BCUT2D eigenvalue weighted by atomic mass is 16.6. The first-order chi connectivity index (χ1) is 8.35. The predicted octanol–water partition coefficient (Wildman–Crippen LogP) is 1.39. The zero-order valence-electron chi connectivity index (χ0n) is 11.8. The van der Waals surface area contributed by atoms with Crippen LogP contribution in [-0.2, 0) is 9.53 Å². The second kappa shape index (κ2) is 5.17. The SMILES string of the molecule is CC(C)(C)OC(=O)CN1CC2CCCC(N)C2C1. The number of likely N-dealkylation sites (tertiary alicyclic amines) is 1. The van der Waals surface area contributed by atoms with Crippen molar-refractivity contribution in [3.8, 4) is 0 Å². The fourth-order valence-corrected chi connectivity index (χ4v) is 3.29.